The molecule has 3 heteroatoms. The molecule has 0 saturated carbocycles. The van der Waals surface area contributed by atoms with Crippen LogP contribution in [0.5, 0.6) is 0 Å². The van der Waals surface area contributed by atoms with Gasteiger partial charge in [-0.3, -0.25) is 0 Å². The lowest BCUT2D eigenvalue weighted by Crippen LogP contribution is -2.33. The highest BCUT2D eigenvalue weighted by molar-refractivity contribution is 7.80. The van der Waals surface area contributed by atoms with Crippen LogP contribution in [0, 0.1) is 5.41 Å². The van der Waals surface area contributed by atoms with Crippen LogP contribution in [0.2, 0.25) is 0 Å². The van der Waals surface area contributed by atoms with E-state index >= 15 is 0 Å². The minimum absolute atomic E-state index is 0.163. The second-order valence-electron chi connectivity index (χ2n) is 2.68. The molecule has 0 radical (unpaired) electrons. The molecule has 0 aromatic rings. The van der Waals surface area contributed by atoms with Crippen LogP contribution in [-0.4, -0.2) is 18.7 Å². The fourth-order valence-electron chi connectivity index (χ4n) is 0.432. The first-order valence-electron chi connectivity index (χ1n) is 2.79. The zero-order valence-electron chi connectivity index (χ0n) is 6.10. The summed E-state index contributed by atoms with van der Waals surface area (Å²) < 4.78 is 4.90. The van der Waals surface area contributed by atoms with Crippen molar-refractivity contribution < 1.29 is 4.74 Å². The van der Waals surface area contributed by atoms with E-state index in [0.29, 0.717) is 11.6 Å². The van der Waals surface area contributed by atoms with E-state index in [4.69, 9.17) is 22.7 Å². The molecule has 0 aliphatic rings. The number of hydrogen-bond acceptors (Lipinski definition) is 2. The molecule has 0 spiro atoms. The summed E-state index contributed by atoms with van der Waals surface area (Å²) in [6, 6.07) is 0. The second-order valence-corrected chi connectivity index (χ2v) is 3.12. The van der Waals surface area contributed by atoms with Gasteiger partial charge in [0.15, 0.2) is 0 Å². The molecule has 0 aromatic carbocycles. The Labute approximate surface area is 61.4 Å². The molecule has 0 bridgehead atoms. The zero-order chi connectivity index (χ0) is 7.49. The summed E-state index contributed by atoms with van der Waals surface area (Å²) in [7, 11) is 1.64. The first-order valence-corrected chi connectivity index (χ1v) is 3.20. The highest BCUT2D eigenvalue weighted by Gasteiger charge is 2.20. The summed E-state index contributed by atoms with van der Waals surface area (Å²) >= 11 is 4.79. The summed E-state index contributed by atoms with van der Waals surface area (Å²) in [5, 5.41) is 0. The Morgan fingerprint density at radius 1 is 1.67 bits per heavy atom. The normalized spacial score (nSPS) is 11.4. The maximum atomic E-state index is 5.41. The summed E-state index contributed by atoms with van der Waals surface area (Å²) in [4.78, 5) is 0.504. The topological polar surface area (TPSA) is 35.2 Å². The quantitative estimate of drug-likeness (QED) is 0.603. The van der Waals surface area contributed by atoms with E-state index in [0.717, 1.165) is 0 Å². The fourth-order valence-corrected chi connectivity index (χ4v) is 0.491. The molecule has 54 valence electrons. The predicted molar refractivity (Wildman–Crippen MR) is 42.4 cm³/mol. The van der Waals surface area contributed by atoms with Gasteiger partial charge < -0.3 is 10.5 Å². The third kappa shape index (κ3) is 2.77. The molecule has 0 amide bonds. The molecule has 2 N–H and O–H groups in total. The molecular weight excluding hydrogens is 134 g/mol. The van der Waals surface area contributed by atoms with Crippen molar-refractivity contribution in [3.05, 3.63) is 0 Å². The van der Waals surface area contributed by atoms with Crippen molar-refractivity contribution in [2.45, 2.75) is 13.8 Å². The SMILES string of the molecule is COCC(C)(C)C(N)=S. The third-order valence-electron chi connectivity index (χ3n) is 1.17. The minimum Gasteiger partial charge on any atom is -0.393 e. The molecule has 0 rings (SSSR count). The summed E-state index contributed by atoms with van der Waals surface area (Å²) in [5.41, 5.74) is 5.25. The van der Waals surface area contributed by atoms with Crippen molar-refractivity contribution in [2.24, 2.45) is 11.1 Å². The first-order chi connectivity index (χ1) is 4.00. The van der Waals surface area contributed by atoms with E-state index in [2.05, 4.69) is 0 Å². The molecule has 2 nitrogen and oxygen atoms in total. The lowest BCUT2D eigenvalue weighted by Gasteiger charge is -2.20. The number of hydrogen-bond donors (Lipinski definition) is 1. The number of methoxy groups -OCH3 is 1. The van der Waals surface area contributed by atoms with Gasteiger partial charge in [-0.15, -0.1) is 0 Å². The smallest absolute Gasteiger partial charge is 0.0807 e. The van der Waals surface area contributed by atoms with Crippen LogP contribution in [0.4, 0.5) is 0 Å². The largest absolute Gasteiger partial charge is 0.393 e. The number of nitrogens with two attached hydrogens (primary N) is 1. The lowest BCUT2D eigenvalue weighted by molar-refractivity contribution is 0.143. The highest BCUT2D eigenvalue weighted by Crippen LogP contribution is 2.14. The summed E-state index contributed by atoms with van der Waals surface area (Å²) in [6.07, 6.45) is 0. The molecule has 0 heterocycles. The molecule has 0 aromatic heterocycles. The molecule has 0 aliphatic heterocycles. The Kier molecular flexibility index (Phi) is 3.08. The van der Waals surface area contributed by atoms with Crippen molar-refractivity contribution in [3.63, 3.8) is 0 Å². The third-order valence-corrected chi connectivity index (χ3v) is 1.72. The van der Waals surface area contributed by atoms with Crippen LogP contribution in [0.15, 0.2) is 0 Å². The summed E-state index contributed by atoms with van der Waals surface area (Å²) in [6.45, 7) is 4.50. The van der Waals surface area contributed by atoms with Gasteiger partial charge in [0.1, 0.15) is 0 Å². The van der Waals surface area contributed by atoms with Gasteiger partial charge >= 0.3 is 0 Å². The maximum Gasteiger partial charge on any atom is 0.0807 e. The van der Waals surface area contributed by atoms with E-state index < -0.39 is 0 Å². The second kappa shape index (κ2) is 3.13. The fraction of sp³-hybridized carbons (Fsp3) is 0.833. The molecule has 0 saturated heterocycles. The van der Waals surface area contributed by atoms with Crippen molar-refractivity contribution in [1.82, 2.24) is 0 Å². The molecule has 0 unspecified atom stereocenters. The average molecular weight is 147 g/mol. The van der Waals surface area contributed by atoms with Crippen molar-refractivity contribution in [3.8, 4) is 0 Å². The number of rotatable bonds is 3. The van der Waals surface area contributed by atoms with E-state index in [1.807, 2.05) is 13.8 Å². The Hall–Kier alpha value is -0.150. The predicted octanol–water partition coefficient (Wildman–Crippen LogP) is 0.945. The van der Waals surface area contributed by atoms with Crippen LogP contribution in [0.3, 0.4) is 0 Å². The van der Waals surface area contributed by atoms with Crippen molar-refractivity contribution in [1.29, 1.82) is 0 Å². The molecular formula is C6H13NOS. The van der Waals surface area contributed by atoms with Gasteiger partial charge in [-0.05, 0) is 0 Å². The molecule has 0 aliphatic carbocycles. The molecule has 9 heavy (non-hydrogen) atoms. The van der Waals surface area contributed by atoms with Crippen LogP contribution in [0.25, 0.3) is 0 Å². The molecule has 0 fully saturated rings. The minimum atomic E-state index is -0.163. The Morgan fingerprint density at radius 2 is 2.11 bits per heavy atom. The first kappa shape index (κ1) is 8.85. The standard InChI is InChI=1S/C6H13NOS/c1-6(2,4-8-3)5(7)9/h4H2,1-3H3,(H2,7,9). The van der Waals surface area contributed by atoms with Gasteiger partial charge in [0.25, 0.3) is 0 Å². The van der Waals surface area contributed by atoms with Gasteiger partial charge in [-0.1, -0.05) is 26.1 Å². The number of thiocarbonyl (C=S) groups is 1. The van der Waals surface area contributed by atoms with Crippen LogP contribution >= 0.6 is 12.2 Å². The highest BCUT2D eigenvalue weighted by atomic mass is 32.1. The van der Waals surface area contributed by atoms with Gasteiger partial charge in [-0.25, -0.2) is 0 Å². The summed E-state index contributed by atoms with van der Waals surface area (Å²) in [5.74, 6) is 0. The van der Waals surface area contributed by atoms with Gasteiger partial charge in [0.2, 0.25) is 0 Å². The van der Waals surface area contributed by atoms with Gasteiger partial charge in [0, 0.05) is 12.5 Å². The van der Waals surface area contributed by atoms with Crippen molar-refractivity contribution >= 4 is 17.2 Å². The van der Waals surface area contributed by atoms with Gasteiger partial charge in [-0.2, -0.15) is 0 Å². The van der Waals surface area contributed by atoms with E-state index in [1.165, 1.54) is 0 Å². The van der Waals surface area contributed by atoms with E-state index in [-0.39, 0.29) is 5.41 Å². The van der Waals surface area contributed by atoms with E-state index in [9.17, 15) is 0 Å². The average Bonchev–Trinajstić information content (AvgIpc) is 1.65. The van der Waals surface area contributed by atoms with E-state index in [1.54, 1.807) is 7.11 Å². The van der Waals surface area contributed by atoms with Crippen LogP contribution in [0.1, 0.15) is 13.8 Å². The number of ether oxygens (including phenoxy) is 1. The monoisotopic (exact) mass is 147 g/mol. The van der Waals surface area contributed by atoms with Crippen LogP contribution in [-0.2, 0) is 4.74 Å². The Morgan fingerprint density at radius 3 is 2.22 bits per heavy atom. The Bertz CT molecular complexity index is 112. The van der Waals surface area contributed by atoms with Crippen molar-refractivity contribution in [2.75, 3.05) is 13.7 Å². The maximum absolute atomic E-state index is 5.41. The lowest BCUT2D eigenvalue weighted by atomic mass is 9.95. The zero-order valence-corrected chi connectivity index (χ0v) is 6.92. The Balaban J connectivity index is 3.85. The molecule has 0 atom stereocenters. The van der Waals surface area contributed by atoms with Crippen LogP contribution < -0.4 is 5.73 Å². The van der Waals surface area contributed by atoms with Gasteiger partial charge in [0.05, 0.1) is 11.6 Å².